The highest BCUT2D eigenvalue weighted by Gasteiger charge is 2.30. The van der Waals surface area contributed by atoms with E-state index >= 15 is 0 Å². The van der Waals surface area contributed by atoms with Gasteiger partial charge in [0.1, 0.15) is 5.60 Å². The average molecular weight is 448 g/mol. The number of carbonyl (C=O) groups excluding carboxylic acids is 2. The molecule has 0 radical (unpaired) electrons. The van der Waals surface area contributed by atoms with E-state index in [1.54, 1.807) is 4.90 Å². The fourth-order valence-electron chi connectivity index (χ4n) is 3.36. The van der Waals surface area contributed by atoms with Gasteiger partial charge in [-0.3, -0.25) is 4.79 Å². The number of amides is 1. The number of ketones is 1. The Balaban J connectivity index is 1.78. The average Bonchev–Trinajstić information content (AvgIpc) is 2.94. The summed E-state index contributed by atoms with van der Waals surface area (Å²) in [4.78, 5) is 31.5. The normalized spacial score (nSPS) is 14.0. The lowest BCUT2D eigenvalue weighted by Crippen LogP contribution is -2.40. The standard InChI is InChI=1S/C21H26BrN3O3/c1-13-14(7-6-8-15(13)22)11-18(26)19-23-16-12-25(10-9-17(16)24(19)5)20(27)28-21(2,3)4/h6-8H,9-12H2,1-5H3. The van der Waals surface area contributed by atoms with Crippen LogP contribution in [0, 0.1) is 6.92 Å². The summed E-state index contributed by atoms with van der Waals surface area (Å²) in [7, 11) is 1.87. The third kappa shape index (κ3) is 4.29. The van der Waals surface area contributed by atoms with Crippen molar-refractivity contribution in [3.05, 3.63) is 51.0 Å². The Morgan fingerprint density at radius 3 is 2.68 bits per heavy atom. The van der Waals surface area contributed by atoms with Crippen molar-refractivity contribution in [3.8, 4) is 0 Å². The molecule has 0 saturated carbocycles. The molecule has 2 heterocycles. The molecule has 0 N–H and O–H groups in total. The van der Waals surface area contributed by atoms with E-state index in [0.717, 1.165) is 27.0 Å². The van der Waals surface area contributed by atoms with E-state index in [0.29, 0.717) is 31.8 Å². The molecule has 0 fully saturated rings. The Hall–Kier alpha value is -2.15. The van der Waals surface area contributed by atoms with Crippen molar-refractivity contribution in [2.24, 2.45) is 7.05 Å². The molecule has 1 aliphatic heterocycles. The fraction of sp³-hybridized carbons (Fsp3) is 0.476. The summed E-state index contributed by atoms with van der Waals surface area (Å²) in [5.41, 5.74) is 3.29. The van der Waals surface area contributed by atoms with Gasteiger partial charge in [-0.05, 0) is 44.9 Å². The minimum Gasteiger partial charge on any atom is -0.444 e. The molecule has 3 rings (SSSR count). The van der Waals surface area contributed by atoms with Gasteiger partial charge < -0.3 is 14.2 Å². The van der Waals surface area contributed by atoms with Crippen LogP contribution >= 0.6 is 15.9 Å². The van der Waals surface area contributed by atoms with Crippen molar-refractivity contribution >= 4 is 27.8 Å². The number of carbonyl (C=O) groups is 2. The van der Waals surface area contributed by atoms with E-state index in [1.165, 1.54) is 0 Å². The molecule has 1 aliphatic rings. The zero-order valence-electron chi connectivity index (χ0n) is 17.0. The van der Waals surface area contributed by atoms with E-state index < -0.39 is 5.60 Å². The van der Waals surface area contributed by atoms with Gasteiger partial charge in [0.05, 0.1) is 12.2 Å². The van der Waals surface area contributed by atoms with Crippen LogP contribution in [0.15, 0.2) is 22.7 Å². The summed E-state index contributed by atoms with van der Waals surface area (Å²) in [5, 5.41) is 0. The van der Waals surface area contributed by atoms with Gasteiger partial charge in [-0.2, -0.15) is 0 Å². The third-order valence-corrected chi connectivity index (χ3v) is 5.75. The molecule has 0 bridgehead atoms. The highest BCUT2D eigenvalue weighted by Crippen LogP contribution is 2.24. The molecule has 0 saturated heterocycles. The summed E-state index contributed by atoms with van der Waals surface area (Å²) < 4.78 is 8.32. The van der Waals surface area contributed by atoms with Gasteiger partial charge in [-0.25, -0.2) is 9.78 Å². The number of rotatable bonds is 3. The van der Waals surface area contributed by atoms with Gasteiger partial charge in [-0.1, -0.05) is 28.1 Å². The highest BCUT2D eigenvalue weighted by atomic mass is 79.9. The molecule has 0 aliphatic carbocycles. The maximum absolute atomic E-state index is 12.9. The molecule has 7 heteroatoms. The number of nitrogens with zero attached hydrogens (tertiary/aromatic N) is 3. The maximum Gasteiger partial charge on any atom is 0.410 e. The van der Waals surface area contributed by atoms with Gasteiger partial charge >= 0.3 is 6.09 Å². The highest BCUT2D eigenvalue weighted by molar-refractivity contribution is 9.10. The monoisotopic (exact) mass is 447 g/mol. The molecule has 0 unspecified atom stereocenters. The van der Waals surface area contributed by atoms with Crippen LogP contribution in [0.25, 0.3) is 0 Å². The van der Waals surface area contributed by atoms with Crippen molar-refractivity contribution in [3.63, 3.8) is 0 Å². The number of fused-ring (bicyclic) bond motifs is 1. The van der Waals surface area contributed by atoms with E-state index in [-0.39, 0.29) is 11.9 Å². The van der Waals surface area contributed by atoms with Crippen LogP contribution in [-0.4, -0.2) is 38.5 Å². The maximum atomic E-state index is 12.9. The van der Waals surface area contributed by atoms with Crippen LogP contribution in [0.4, 0.5) is 4.79 Å². The van der Waals surface area contributed by atoms with E-state index in [2.05, 4.69) is 20.9 Å². The largest absolute Gasteiger partial charge is 0.444 e. The Morgan fingerprint density at radius 2 is 2.00 bits per heavy atom. The first-order valence-electron chi connectivity index (χ1n) is 9.36. The minimum absolute atomic E-state index is 0.0260. The number of halogens is 1. The molecule has 2 aromatic rings. The molecule has 28 heavy (non-hydrogen) atoms. The second-order valence-electron chi connectivity index (χ2n) is 8.16. The van der Waals surface area contributed by atoms with Crippen molar-refractivity contribution < 1.29 is 14.3 Å². The van der Waals surface area contributed by atoms with Crippen LogP contribution < -0.4 is 0 Å². The second-order valence-corrected chi connectivity index (χ2v) is 9.02. The molecule has 0 spiro atoms. The molecular formula is C21H26BrN3O3. The number of ether oxygens (including phenoxy) is 1. The van der Waals surface area contributed by atoms with Gasteiger partial charge in [0, 0.05) is 36.6 Å². The van der Waals surface area contributed by atoms with Crippen LogP contribution in [-0.2, 0) is 31.2 Å². The zero-order valence-corrected chi connectivity index (χ0v) is 18.6. The predicted molar refractivity (Wildman–Crippen MR) is 110 cm³/mol. The van der Waals surface area contributed by atoms with Gasteiger partial charge in [-0.15, -0.1) is 0 Å². The Kier molecular flexibility index (Phi) is 5.66. The smallest absolute Gasteiger partial charge is 0.410 e. The lowest BCUT2D eigenvalue weighted by atomic mass is 10.0. The van der Waals surface area contributed by atoms with Crippen LogP contribution in [0.2, 0.25) is 0 Å². The third-order valence-electron chi connectivity index (χ3n) is 4.89. The Labute approximate surface area is 174 Å². The van der Waals surface area contributed by atoms with E-state index in [4.69, 9.17) is 4.74 Å². The predicted octanol–water partition coefficient (Wildman–Crippen LogP) is 4.21. The van der Waals surface area contributed by atoms with Gasteiger partial charge in [0.2, 0.25) is 5.78 Å². The molecule has 1 aromatic heterocycles. The topological polar surface area (TPSA) is 64.4 Å². The zero-order chi connectivity index (χ0) is 20.6. The second kappa shape index (κ2) is 7.70. The molecule has 150 valence electrons. The Morgan fingerprint density at radius 1 is 1.29 bits per heavy atom. The van der Waals surface area contributed by atoms with Crippen LogP contribution in [0.1, 0.15) is 53.9 Å². The summed E-state index contributed by atoms with van der Waals surface area (Å²) in [6.07, 6.45) is 0.605. The van der Waals surface area contributed by atoms with E-state index in [9.17, 15) is 9.59 Å². The van der Waals surface area contributed by atoms with Gasteiger partial charge in [0.15, 0.2) is 5.82 Å². The number of aromatic nitrogens is 2. The fourth-order valence-corrected chi connectivity index (χ4v) is 3.76. The lowest BCUT2D eigenvalue weighted by Gasteiger charge is -2.29. The van der Waals surface area contributed by atoms with Crippen molar-refractivity contribution in [2.75, 3.05) is 6.54 Å². The number of hydrogen-bond acceptors (Lipinski definition) is 4. The van der Waals surface area contributed by atoms with Crippen molar-refractivity contribution in [1.82, 2.24) is 14.5 Å². The molecule has 0 atom stereocenters. The van der Waals surface area contributed by atoms with Gasteiger partial charge in [0.25, 0.3) is 0 Å². The Bertz CT molecular complexity index is 928. The summed E-state index contributed by atoms with van der Waals surface area (Å²) >= 11 is 3.51. The summed E-state index contributed by atoms with van der Waals surface area (Å²) in [6.45, 7) is 8.46. The molecule has 6 nitrogen and oxygen atoms in total. The SMILES string of the molecule is Cc1c(Br)cccc1CC(=O)c1nc2c(n1C)CCN(C(=O)OC(C)(C)C)C2. The first-order chi connectivity index (χ1) is 13.1. The quantitative estimate of drug-likeness (QED) is 0.660. The minimum atomic E-state index is -0.537. The summed E-state index contributed by atoms with van der Waals surface area (Å²) in [5.74, 6) is 0.414. The van der Waals surface area contributed by atoms with Crippen LogP contribution in [0.5, 0.6) is 0 Å². The number of imidazole rings is 1. The van der Waals surface area contributed by atoms with Crippen LogP contribution in [0.3, 0.4) is 0 Å². The van der Waals surface area contributed by atoms with Crippen molar-refractivity contribution in [1.29, 1.82) is 0 Å². The lowest BCUT2D eigenvalue weighted by molar-refractivity contribution is 0.0220. The number of benzene rings is 1. The van der Waals surface area contributed by atoms with E-state index in [1.807, 2.05) is 57.5 Å². The summed E-state index contributed by atoms with van der Waals surface area (Å²) in [6, 6.07) is 5.86. The first-order valence-corrected chi connectivity index (χ1v) is 10.2. The molecular weight excluding hydrogens is 422 g/mol. The molecule has 1 aromatic carbocycles. The van der Waals surface area contributed by atoms with Crippen molar-refractivity contribution in [2.45, 2.75) is 52.7 Å². The number of Topliss-reactive ketones (excluding diaryl/α,β-unsaturated/α-hetero) is 1. The molecule has 1 amide bonds. The number of hydrogen-bond donors (Lipinski definition) is 0. The first kappa shape index (κ1) is 20.6.